The number of piperidine rings is 1. The van der Waals surface area contributed by atoms with E-state index in [4.69, 9.17) is 4.42 Å². The third-order valence-corrected chi connectivity index (χ3v) is 6.05. The average Bonchev–Trinajstić information content (AvgIpc) is 3.00. The van der Waals surface area contributed by atoms with Crippen LogP contribution >= 0.6 is 0 Å². The Balaban J connectivity index is 1.69. The Morgan fingerprint density at radius 3 is 3.00 bits per heavy atom. The van der Waals surface area contributed by atoms with E-state index in [1.807, 2.05) is 18.2 Å². The predicted molar refractivity (Wildman–Crippen MR) is 85.8 cm³/mol. The monoisotopic (exact) mass is 297 g/mol. The maximum atomic E-state index is 9.89. The number of benzene rings is 1. The van der Waals surface area contributed by atoms with Crippen molar-refractivity contribution in [2.24, 2.45) is 5.92 Å². The fourth-order valence-corrected chi connectivity index (χ4v) is 4.49. The van der Waals surface area contributed by atoms with Crippen LogP contribution < -0.4 is 0 Å². The molecule has 2 heterocycles. The standard InChI is InChI=1S/C19H23NO2/c1-13-18-10-14-5-6-15(21)11-17(14)19(13,2)7-8-20(18)12-16-4-3-9-22-16/h3-6,9,11,13,18,21H,7-8,10,12H2,1-2H3/t13-,18+,19+/m0/s1. The van der Waals surface area contributed by atoms with Crippen molar-refractivity contribution in [3.8, 4) is 5.75 Å². The minimum atomic E-state index is 0.163. The van der Waals surface area contributed by atoms with Crippen molar-refractivity contribution >= 4 is 0 Å². The van der Waals surface area contributed by atoms with Gasteiger partial charge in [0.05, 0.1) is 12.8 Å². The first kappa shape index (κ1) is 13.9. The minimum Gasteiger partial charge on any atom is -0.508 e. The second kappa shape index (κ2) is 4.88. The molecule has 0 unspecified atom stereocenters. The van der Waals surface area contributed by atoms with E-state index in [0.29, 0.717) is 17.7 Å². The maximum absolute atomic E-state index is 9.89. The van der Waals surface area contributed by atoms with Crippen LogP contribution in [0.4, 0.5) is 0 Å². The number of hydrogen-bond acceptors (Lipinski definition) is 3. The van der Waals surface area contributed by atoms with E-state index in [1.54, 1.807) is 6.26 Å². The smallest absolute Gasteiger partial charge is 0.117 e. The summed E-state index contributed by atoms with van der Waals surface area (Å²) in [7, 11) is 0. The molecule has 1 aromatic heterocycles. The van der Waals surface area contributed by atoms with E-state index in [1.165, 1.54) is 11.1 Å². The van der Waals surface area contributed by atoms with Gasteiger partial charge >= 0.3 is 0 Å². The first-order valence-corrected chi connectivity index (χ1v) is 8.17. The number of phenols is 1. The number of aromatic hydroxyl groups is 1. The van der Waals surface area contributed by atoms with Crippen LogP contribution in [0.3, 0.4) is 0 Å². The molecule has 22 heavy (non-hydrogen) atoms. The lowest BCUT2D eigenvalue weighted by atomic mass is 9.59. The first-order valence-electron chi connectivity index (χ1n) is 8.17. The molecule has 3 atom stereocenters. The molecule has 2 aliphatic rings. The molecule has 1 aliphatic heterocycles. The lowest BCUT2D eigenvalue weighted by molar-refractivity contribution is 0.0217. The molecule has 1 aromatic carbocycles. The van der Waals surface area contributed by atoms with Crippen LogP contribution in [0.15, 0.2) is 41.0 Å². The van der Waals surface area contributed by atoms with Gasteiger partial charge in [-0.25, -0.2) is 0 Å². The van der Waals surface area contributed by atoms with Crippen LogP contribution in [0.5, 0.6) is 5.75 Å². The van der Waals surface area contributed by atoms with Crippen LogP contribution in [0.2, 0.25) is 0 Å². The Morgan fingerprint density at radius 1 is 1.36 bits per heavy atom. The Morgan fingerprint density at radius 2 is 2.23 bits per heavy atom. The highest BCUT2D eigenvalue weighted by Gasteiger charge is 2.48. The normalized spacial score (nSPS) is 31.0. The Labute approximate surface area is 131 Å². The van der Waals surface area contributed by atoms with Gasteiger partial charge in [0.1, 0.15) is 11.5 Å². The van der Waals surface area contributed by atoms with Crippen molar-refractivity contribution in [3.63, 3.8) is 0 Å². The van der Waals surface area contributed by atoms with E-state index < -0.39 is 0 Å². The number of phenolic OH excluding ortho intramolecular Hbond substituents is 1. The average molecular weight is 297 g/mol. The zero-order chi connectivity index (χ0) is 15.3. The molecule has 1 N–H and O–H groups in total. The van der Waals surface area contributed by atoms with Crippen molar-refractivity contribution in [1.82, 2.24) is 4.90 Å². The van der Waals surface area contributed by atoms with Gasteiger partial charge < -0.3 is 9.52 Å². The Hall–Kier alpha value is -1.74. The zero-order valence-corrected chi connectivity index (χ0v) is 13.2. The van der Waals surface area contributed by atoms with Gasteiger partial charge in [-0.1, -0.05) is 19.9 Å². The second-order valence-corrected chi connectivity index (χ2v) is 7.12. The van der Waals surface area contributed by atoms with Crippen molar-refractivity contribution < 1.29 is 9.52 Å². The van der Waals surface area contributed by atoms with Crippen molar-refractivity contribution in [2.45, 2.75) is 44.7 Å². The van der Waals surface area contributed by atoms with Crippen LogP contribution in [0, 0.1) is 5.92 Å². The summed E-state index contributed by atoms with van der Waals surface area (Å²) in [6.07, 6.45) is 3.95. The summed E-state index contributed by atoms with van der Waals surface area (Å²) in [4.78, 5) is 2.57. The van der Waals surface area contributed by atoms with Crippen LogP contribution in [-0.2, 0) is 18.4 Å². The molecule has 1 aliphatic carbocycles. The number of nitrogens with zero attached hydrogens (tertiary/aromatic N) is 1. The third-order valence-electron chi connectivity index (χ3n) is 6.05. The predicted octanol–water partition coefficient (Wildman–Crippen LogP) is 3.71. The fourth-order valence-electron chi connectivity index (χ4n) is 4.49. The molecular weight excluding hydrogens is 274 g/mol. The summed E-state index contributed by atoms with van der Waals surface area (Å²) in [5, 5.41) is 9.89. The summed E-state index contributed by atoms with van der Waals surface area (Å²) >= 11 is 0. The Kier molecular flexibility index (Phi) is 3.08. The largest absolute Gasteiger partial charge is 0.508 e. The van der Waals surface area contributed by atoms with Gasteiger partial charge in [0, 0.05) is 6.04 Å². The number of rotatable bonds is 2. The van der Waals surface area contributed by atoms with Crippen LogP contribution in [0.1, 0.15) is 37.2 Å². The van der Waals surface area contributed by atoms with Gasteiger partial charge in [0.25, 0.3) is 0 Å². The molecule has 3 nitrogen and oxygen atoms in total. The van der Waals surface area contributed by atoms with E-state index in [2.05, 4.69) is 30.9 Å². The molecule has 116 valence electrons. The summed E-state index contributed by atoms with van der Waals surface area (Å²) < 4.78 is 5.54. The molecular formula is C19H23NO2. The van der Waals surface area contributed by atoms with Gasteiger partial charge in [0.15, 0.2) is 0 Å². The number of hydrogen-bond donors (Lipinski definition) is 1. The molecule has 3 heteroatoms. The molecule has 2 bridgehead atoms. The summed E-state index contributed by atoms with van der Waals surface area (Å²) in [6.45, 7) is 6.71. The third kappa shape index (κ3) is 1.99. The summed E-state index contributed by atoms with van der Waals surface area (Å²) in [5.41, 5.74) is 2.91. The van der Waals surface area contributed by atoms with E-state index in [9.17, 15) is 5.11 Å². The van der Waals surface area contributed by atoms with Crippen molar-refractivity contribution in [1.29, 1.82) is 0 Å². The van der Waals surface area contributed by atoms with E-state index in [0.717, 1.165) is 31.7 Å². The van der Waals surface area contributed by atoms with Gasteiger partial charge in [-0.2, -0.15) is 0 Å². The molecule has 4 rings (SSSR count). The molecule has 1 saturated heterocycles. The van der Waals surface area contributed by atoms with E-state index >= 15 is 0 Å². The van der Waals surface area contributed by atoms with Crippen molar-refractivity contribution in [3.05, 3.63) is 53.5 Å². The molecule has 1 fully saturated rings. The van der Waals surface area contributed by atoms with Crippen LogP contribution in [-0.4, -0.2) is 22.6 Å². The Bertz CT molecular complexity index is 679. The molecule has 0 spiro atoms. The topological polar surface area (TPSA) is 36.6 Å². The molecule has 0 saturated carbocycles. The second-order valence-electron chi connectivity index (χ2n) is 7.12. The SMILES string of the molecule is C[C@H]1[C@H]2Cc3ccc(O)cc3[C@]1(C)CCN2Cc1ccco1. The van der Waals surface area contributed by atoms with Gasteiger partial charge in [0.2, 0.25) is 0 Å². The van der Waals surface area contributed by atoms with Crippen molar-refractivity contribution in [2.75, 3.05) is 6.54 Å². The van der Waals surface area contributed by atoms with Gasteiger partial charge in [-0.3, -0.25) is 4.90 Å². The number of furan rings is 1. The first-order chi connectivity index (χ1) is 10.6. The maximum Gasteiger partial charge on any atom is 0.117 e. The number of likely N-dealkylation sites (tertiary alicyclic amines) is 1. The quantitative estimate of drug-likeness (QED) is 0.918. The van der Waals surface area contributed by atoms with Crippen LogP contribution in [0.25, 0.3) is 0 Å². The summed E-state index contributed by atoms with van der Waals surface area (Å²) in [5.74, 6) is 2.02. The molecule has 0 radical (unpaired) electrons. The lowest BCUT2D eigenvalue weighted by Gasteiger charge is -2.54. The fraction of sp³-hybridized carbons (Fsp3) is 0.474. The molecule has 2 aromatic rings. The van der Waals surface area contributed by atoms with Gasteiger partial charge in [-0.15, -0.1) is 0 Å². The summed E-state index contributed by atoms with van der Waals surface area (Å²) in [6, 6.07) is 10.5. The minimum absolute atomic E-state index is 0.163. The number of fused-ring (bicyclic) bond motifs is 4. The highest BCUT2D eigenvalue weighted by Crippen LogP contribution is 2.49. The lowest BCUT2D eigenvalue weighted by Crippen LogP contribution is -2.57. The zero-order valence-electron chi connectivity index (χ0n) is 13.2. The highest BCUT2D eigenvalue weighted by atomic mass is 16.3. The highest BCUT2D eigenvalue weighted by molar-refractivity contribution is 5.44. The molecule has 0 amide bonds. The van der Waals surface area contributed by atoms with Gasteiger partial charge in [-0.05, 0) is 66.1 Å². The van der Waals surface area contributed by atoms with E-state index in [-0.39, 0.29) is 5.41 Å².